The third kappa shape index (κ3) is 4.06. The maximum atomic E-state index is 12.6. The zero-order chi connectivity index (χ0) is 17.8. The van der Waals surface area contributed by atoms with Gasteiger partial charge in [-0.3, -0.25) is 14.6 Å². The number of benzene rings is 2. The molecule has 2 heterocycles. The summed E-state index contributed by atoms with van der Waals surface area (Å²) in [7, 11) is 0. The summed E-state index contributed by atoms with van der Waals surface area (Å²) < 4.78 is 11.1. The molecule has 136 valence electrons. The van der Waals surface area contributed by atoms with E-state index in [2.05, 4.69) is 34.1 Å². The summed E-state index contributed by atoms with van der Waals surface area (Å²) in [4.78, 5) is 17.3. The van der Waals surface area contributed by atoms with Crippen molar-refractivity contribution in [1.82, 2.24) is 9.80 Å². The highest BCUT2D eigenvalue weighted by Crippen LogP contribution is 2.30. The van der Waals surface area contributed by atoms with Crippen molar-refractivity contribution in [3.63, 3.8) is 0 Å². The number of fused-ring (bicyclic) bond motifs is 1. The smallest absolute Gasteiger partial charge is 0.176 e. The van der Waals surface area contributed by atoms with Crippen LogP contribution in [0.2, 0.25) is 0 Å². The molecule has 2 aliphatic rings. The van der Waals surface area contributed by atoms with Gasteiger partial charge in [0, 0.05) is 38.3 Å². The largest absolute Gasteiger partial charge is 0.486 e. The van der Waals surface area contributed by atoms with Gasteiger partial charge in [0.05, 0.1) is 6.54 Å². The molecule has 0 atom stereocenters. The predicted molar refractivity (Wildman–Crippen MR) is 99.9 cm³/mol. The van der Waals surface area contributed by atoms with Crippen molar-refractivity contribution in [1.29, 1.82) is 0 Å². The SMILES string of the molecule is O=C(CN1CCN(Cc2ccccc2)CC1)c1ccc2c(c1)OCCO2. The topological polar surface area (TPSA) is 42.0 Å². The molecular formula is C21H24N2O3. The second kappa shape index (κ2) is 7.89. The first-order chi connectivity index (χ1) is 12.8. The Kier molecular flexibility index (Phi) is 5.18. The van der Waals surface area contributed by atoms with Gasteiger partial charge in [0.25, 0.3) is 0 Å². The third-order valence-electron chi connectivity index (χ3n) is 4.95. The molecule has 1 saturated heterocycles. The second-order valence-corrected chi connectivity index (χ2v) is 6.82. The standard InChI is InChI=1S/C21H24N2O3/c24-19(18-6-7-20-21(14-18)26-13-12-25-20)16-23-10-8-22(9-11-23)15-17-4-2-1-3-5-17/h1-7,14H,8-13,15-16H2. The monoisotopic (exact) mass is 352 g/mol. The Morgan fingerprint density at radius 3 is 2.31 bits per heavy atom. The van der Waals surface area contributed by atoms with Crippen LogP contribution >= 0.6 is 0 Å². The van der Waals surface area contributed by atoms with E-state index in [0.29, 0.717) is 31.1 Å². The third-order valence-corrected chi connectivity index (χ3v) is 4.95. The average molecular weight is 352 g/mol. The Morgan fingerprint density at radius 1 is 0.846 bits per heavy atom. The fourth-order valence-corrected chi connectivity index (χ4v) is 3.46. The van der Waals surface area contributed by atoms with E-state index < -0.39 is 0 Å². The number of ether oxygens (including phenoxy) is 2. The van der Waals surface area contributed by atoms with Crippen molar-refractivity contribution in [3.8, 4) is 11.5 Å². The van der Waals surface area contributed by atoms with Gasteiger partial charge in [-0.1, -0.05) is 30.3 Å². The molecule has 0 unspecified atom stereocenters. The lowest BCUT2D eigenvalue weighted by molar-refractivity contribution is 0.0843. The van der Waals surface area contributed by atoms with Crippen LogP contribution in [0.15, 0.2) is 48.5 Å². The van der Waals surface area contributed by atoms with Crippen LogP contribution in [0.4, 0.5) is 0 Å². The minimum absolute atomic E-state index is 0.137. The molecule has 0 N–H and O–H groups in total. The molecular weight excluding hydrogens is 328 g/mol. The molecule has 0 radical (unpaired) electrons. The molecule has 0 spiro atoms. The highest BCUT2D eigenvalue weighted by molar-refractivity contribution is 5.98. The lowest BCUT2D eigenvalue weighted by atomic mass is 10.1. The van der Waals surface area contributed by atoms with Gasteiger partial charge in [0.2, 0.25) is 0 Å². The number of piperazine rings is 1. The van der Waals surface area contributed by atoms with Crippen molar-refractivity contribution in [3.05, 3.63) is 59.7 Å². The highest BCUT2D eigenvalue weighted by atomic mass is 16.6. The van der Waals surface area contributed by atoms with Gasteiger partial charge < -0.3 is 9.47 Å². The first-order valence-electron chi connectivity index (χ1n) is 9.19. The summed E-state index contributed by atoms with van der Waals surface area (Å²) in [5.41, 5.74) is 2.04. The molecule has 0 saturated carbocycles. The fourth-order valence-electron chi connectivity index (χ4n) is 3.46. The van der Waals surface area contributed by atoms with Gasteiger partial charge in [-0.2, -0.15) is 0 Å². The van der Waals surface area contributed by atoms with Crippen molar-refractivity contribution in [2.75, 3.05) is 45.9 Å². The molecule has 2 aromatic rings. The number of carbonyl (C=O) groups is 1. The van der Waals surface area contributed by atoms with Gasteiger partial charge in [-0.05, 0) is 23.8 Å². The van der Waals surface area contributed by atoms with Crippen LogP contribution in [0.1, 0.15) is 15.9 Å². The number of hydrogen-bond donors (Lipinski definition) is 0. The van der Waals surface area contributed by atoms with Crippen LogP contribution in [0, 0.1) is 0 Å². The van der Waals surface area contributed by atoms with Crippen LogP contribution in [0.3, 0.4) is 0 Å². The Morgan fingerprint density at radius 2 is 1.54 bits per heavy atom. The lowest BCUT2D eigenvalue weighted by Crippen LogP contribution is -2.47. The van der Waals surface area contributed by atoms with E-state index in [-0.39, 0.29) is 5.78 Å². The lowest BCUT2D eigenvalue weighted by Gasteiger charge is -2.34. The van der Waals surface area contributed by atoms with Crippen LogP contribution in [0.5, 0.6) is 11.5 Å². The summed E-state index contributed by atoms with van der Waals surface area (Å²) in [5, 5.41) is 0. The maximum Gasteiger partial charge on any atom is 0.176 e. The van der Waals surface area contributed by atoms with Crippen LogP contribution in [-0.4, -0.2) is 61.5 Å². The fraction of sp³-hybridized carbons (Fsp3) is 0.381. The zero-order valence-corrected chi connectivity index (χ0v) is 14.9. The van der Waals surface area contributed by atoms with Crippen molar-refractivity contribution in [2.45, 2.75) is 6.54 Å². The van der Waals surface area contributed by atoms with E-state index in [1.54, 1.807) is 0 Å². The number of rotatable bonds is 5. The summed E-state index contributed by atoms with van der Waals surface area (Å²) >= 11 is 0. The van der Waals surface area contributed by atoms with Crippen LogP contribution in [-0.2, 0) is 6.54 Å². The van der Waals surface area contributed by atoms with E-state index in [4.69, 9.17) is 9.47 Å². The van der Waals surface area contributed by atoms with E-state index >= 15 is 0 Å². The molecule has 0 amide bonds. The summed E-state index contributed by atoms with van der Waals surface area (Å²) in [6, 6.07) is 16.0. The molecule has 5 nitrogen and oxygen atoms in total. The molecule has 2 aliphatic heterocycles. The van der Waals surface area contributed by atoms with E-state index in [9.17, 15) is 4.79 Å². The van der Waals surface area contributed by atoms with Crippen LogP contribution in [0.25, 0.3) is 0 Å². The maximum absolute atomic E-state index is 12.6. The van der Waals surface area contributed by atoms with Crippen molar-refractivity contribution < 1.29 is 14.3 Å². The van der Waals surface area contributed by atoms with Gasteiger partial charge in [0.15, 0.2) is 17.3 Å². The Hall–Kier alpha value is -2.37. The minimum Gasteiger partial charge on any atom is -0.486 e. The number of Topliss-reactive ketones (excluding diaryl/α,β-unsaturated/α-hetero) is 1. The quantitative estimate of drug-likeness (QED) is 0.774. The normalized spacial score (nSPS) is 17.8. The average Bonchev–Trinajstić information content (AvgIpc) is 2.70. The Bertz CT molecular complexity index is 755. The van der Waals surface area contributed by atoms with E-state index in [1.807, 2.05) is 24.3 Å². The number of ketones is 1. The molecule has 5 heteroatoms. The second-order valence-electron chi connectivity index (χ2n) is 6.82. The molecule has 4 rings (SSSR count). The van der Waals surface area contributed by atoms with E-state index in [1.165, 1.54) is 5.56 Å². The summed E-state index contributed by atoms with van der Waals surface area (Å²) in [6.45, 7) is 6.35. The summed E-state index contributed by atoms with van der Waals surface area (Å²) in [6.07, 6.45) is 0. The number of nitrogens with zero attached hydrogens (tertiary/aromatic N) is 2. The van der Waals surface area contributed by atoms with Gasteiger partial charge >= 0.3 is 0 Å². The van der Waals surface area contributed by atoms with Gasteiger partial charge in [-0.15, -0.1) is 0 Å². The minimum atomic E-state index is 0.137. The van der Waals surface area contributed by atoms with Crippen molar-refractivity contribution >= 4 is 5.78 Å². The van der Waals surface area contributed by atoms with Crippen molar-refractivity contribution in [2.24, 2.45) is 0 Å². The molecule has 1 fully saturated rings. The summed E-state index contributed by atoms with van der Waals surface area (Å²) in [5.74, 6) is 1.54. The Labute approximate surface area is 154 Å². The molecule has 0 aromatic heterocycles. The zero-order valence-electron chi connectivity index (χ0n) is 14.9. The van der Waals surface area contributed by atoms with E-state index in [0.717, 1.165) is 38.5 Å². The van der Waals surface area contributed by atoms with Gasteiger partial charge in [0.1, 0.15) is 13.2 Å². The Balaban J connectivity index is 1.29. The first-order valence-corrected chi connectivity index (χ1v) is 9.19. The van der Waals surface area contributed by atoms with Crippen LogP contribution < -0.4 is 9.47 Å². The number of hydrogen-bond acceptors (Lipinski definition) is 5. The van der Waals surface area contributed by atoms with Gasteiger partial charge in [-0.25, -0.2) is 0 Å². The molecule has 2 aromatic carbocycles. The number of carbonyl (C=O) groups excluding carboxylic acids is 1. The molecule has 0 aliphatic carbocycles. The molecule has 0 bridgehead atoms. The molecule has 26 heavy (non-hydrogen) atoms. The predicted octanol–water partition coefficient (Wildman–Crippen LogP) is 2.46. The first kappa shape index (κ1) is 17.1. The highest BCUT2D eigenvalue weighted by Gasteiger charge is 2.21.